The highest BCUT2D eigenvalue weighted by Gasteiger charge is 2.23. The number of rotatable bonds is 5. The predicted molar refractivity (Wildman–Crippen MR) is 112 cm³/mol. The largest absolute Gasteiger partial charge is 0.459 e. The van der Waals surface area contributed by atoms with Crippen molar-refractivity contribution in [2.24, 2.45) is 0 Å². The van der Waals surface area contributed by atoms with Crippen LogP contribution in [0.3, 0.4) is 0 Å². The van der Waals surface area contributed by atoms with Gasteiger partial charge in [-0.15, -0.1) is 0 Å². The number of nitrogens with one attached hydrogen (secondary N) is 1. The van der Waals surface area contributed by atoms with E-state index < -0.39 is 4.92 Å². The van der Waals surface area contributed by atoms with Gasteiger partial charge in [-0.05, 0) is 42.5 Å². The molecule has 0 saturated carbocycles. The van der Waals surface area contributed by atoms with Gasteiger partial charge in [0.15, 0.2) is 5.76 Å². The molecule has 3 heterocycles. The molecule has 10 heteroatoms. The number of pyridine rings is 1. The van der Waals surface area contributed by atoms with Crippen LogP contribution in [0.1, 0.15) is 20.9 Å². The number of nitro groups is 1. The summed E-state index contributed by atoms with van der Waals surface area (Å²) in [6.07, 6.45) is 2.66. The Balaban J connectivity index is 1.33. The standard InChI is InChI=1S/C21H19N5O5/c27-20(18-2-1-13-31-18)23-16-5-3-15(4-6-16)21(28)25-11-9-24(10-12-25)19-8-7-17(14-22-19)26(29)30/h1-8,13-14H,9-12H2,(H,23,27). The summed E-state index contributed by atoms with van der Waals surface area (Å²) in [4.78, 5) is 43.0. The van der Waals surface area contributed by atoms with E-state index in [1.165, 1.54) is 18.5 Å². The number of aromatic nitrogens is 1. The van der Waals surface area contributed by atoms with Gasteiger partial charge < -0.3 is 19.5 Å². The van der Waals surface area contributed by atoms with Crippen LogP contribution in [0.2, 0.25) is 0 Å². The molecule has 10 nitrogen and oxygen atoms in total. The van der Waals surface area contributed by atoms with E-state index >= 15 is 0 Å². The quantitative estimate of drug-likeness (QED) is 0.496. The van der Waals surface area contributed by atoms with Gasteiger partial charge in [0.1, 0.15) is 12.0 Å². The fourth-order valence-corrected chi connectivity index (χ4v) is 3.29. The van der Waals surface area contributed by atoms with Crippen molar-refractivity contribution in [2.75, 3.05) is 36.4 Å². The van der Waals surface area contributed by atoms with Gasteiger partial charge in [0.05, 0.1) is 11.2 Å². The van der Waals surface area contributed by atoms with Crippen LogP contribution >= 0.6 is 0 Å². The summed E-state index contributed by atoms with van der Waals surface area (Å²) < 4.78 is 5.05. The second-order valence-electron chi connectivity index (χ2n) is 6.92. The number of hydrogen-bond donors (Lipinski definition) is 1. The fraction of sp³-hybridized carbons (Fsp3) is 0.190. The lowest BCUT2D eigenvalue weighted by Gasteiger charge is -2.35. The molecule has 2 amide bonds. The Bertz CT molecular complexity index is 1070. The van der Waals surface area contributed by atoms with Gasteiger partial charge >= 0.3 is 0 Å². The molecule has 2 aromatic heterocycles. The zero-order valence-electron chi connectivity index (χ0n) is 16.4. The van der Waals surface area contributed by atoms with E-state index in [0.717, 1.165) is 0 Å². The average molecular weight is 421 g/mol. The van der Waals surface area contributed by atoms with Gasteiger partial charge in [-0.3, -0.25) is 19.7 Å². The van der Waals surface area contributed by atoms with Crippen molar-refractivity contribution < 1.29 is 18.9 Å². The van der Waals surface area contributed by atoms with Crippen molar-refractivity contribution in [3.8, 4) is 0 Å². The van der Waals surface area contributed by atoms with Crippen LogP contribution in [0, 0.1) is 10.1 Å². The third-order valence-corrected chi connectivity index (χ3v) is 4.97. The van der Waals surface area contributed by atoms with Gasteiger partial charge in [-0.2, -0.15) is 0 Å². The SMILES string of the molecule is O=C(Nc1ccc(C(=O)N2CCN(c3ccc([N+](=O)[O-])cn3)CC2)cc1)c1ccco1. The van der Waals surface area contributed by atoms with Gasteiger partial charge in [-0.25, -0.2) is 4.98 Å². The molecule has 1 saturated heterocycles. The van der Waals surface area contributed by atoms with E-state index in [-0.39, 0.29) is 23.3 Å². The molecule has 3 aromatic rings. The van der Waals surface area contributed by atoms with Crippen LogP contribution in [0.4, 0.5) is 17.2 Å². The first-order chi connectivity index (χ1) is 15.0. The van der Waals surface area contributed by atoms with E-state index in [4.69, 9.17) is 4.42 Å². The molecule has 1 aliphatic heterocycles. The second kappa shape index (κ2) is 8.66. The Kier molecular flexibility index (Phi) is 5.61. The Morgan fingerprint density at radius 3 is 2.35 bits per heavy atom. The Morgan fingerprint density at radius 1 is 1.03 bits per heavy atom. The molecule has 0 spiro atoms. The molecule has 4 rings (SSSR count). The second-order valence-corrected chi connectivity index (χ2v) is 6.92. The number of piperazine rings is 1. The average Bonchev–Trinajstić information content (AvgIpc) is 3.35. The van der Waals surface area contributed by atoms with Crippen molar-refractivity contribution in [3.05, 3.63) is 82.4 Å². The molecule has 0 atom stereocenters. The number of benzene rings is 1. The Hall–Kier alpha value is -4.21. The Labute approximate surface area is 177 Å². The zero-order chi connectivity index (χ0) is 21.8. The molecule has 0 bridgehead atoms. The summed E-state index contributed by atoms with van der Waals surface area (Å²) in [6, 6.07) is 12.9. The maximum Gasteiger partial charge on any atom is 0.291 e. The third kappa shape index (κ3) is 4.53. The van der Waals surface area contributed by atoms with E-state index in [0.29, 0.717) is 43.2 Å². The molecule has 1 aromatic carbocycles. The summed E-state index contributed by atoms with van der Waals surface area (Å²) in [5, 5.41) is 13.5. The van der Waals surface area contributed by atoms with Crippen LogP contribution in [0.25, 0.3) is 0 Å². The number of furan rings is 1. The molecular weight excluding hydrogens is 402 g/mol. The lowest BCUT2D eigenvalue weighted by Crippen LogP contribution is -2.49. The molecule has 1 aliphatic rings. The van der Waals surface area contributed by atoms with E-state index in [9.17, 15) is 19.7 Å². The number of carbonyl (C=O) groups excluding carboxylic acids is 2. The van der Waals surface area contributed by atoms with E-state index in [1.54, 1.807) is 47.4 Å². The van der Waals surface area contributed by atoms with Crippen molar-refractivity contribution in [3.63, 3.8) is 0 Å². The first kappa shape index (κ1) is 20.1. The highest BCUT2D eigenvalue weighted by Crippen LogP contribution is 2.19. The molecule has 31 heavy (non-hydrogen) atoms. The summed E-state index contributed by atoms with van der Waals surface area (Å²) in [6.45, 7) is 2.17. The summed E-state index contributed by atoms with van der Waals surface area (Å²) in [5.41, 5.74) is 1.03. The number of hydrogen-bond acceptors (Lipinski definition) is 7. The smallest absolute Gasteiger partial charge is 0.291 e. The molecule has 1 N–H and O–H groups in total. The van der Waals surface area contributed by atoms with Gasteiger partial charge in [0, 0.05) is 43.5 Å². The van der Waals surface area contributed by atoms with Crippen molar-refractivity contribution in [1.29, 1.82) is 0 Å². The maximum atomic E-state index is 12.8. The number of carbonyl (C=O) groups is 2. The van der Waals surface area contributed by atoms with Gasteiger partial charge in [-0.1, -0.05) is 0 Å². The minimum Gasteiger partial charge on any atom is -0.459 e. The van der Waals surface area contributed by atoms with Crippen LogP contribution in [-0.4, -0.2) is 52.8 Å². The van der Waals surface area contributed by atoms with Gasteiger partial charge in [0.2, 0.25) is 0 Å². The van der Waals surface area contributed by atoms with Crippen LogP contribution in [0.5, 0.6) is 0 Å². The predicted octanol–water partition coefficient (Wildman–Crippen LogP) is 2.80. The minimum atomic E-state index is -0.485. The van der Waals surface area contributed by atoms with Crippen LogP contribution in [-0.2, 0) is 0 Å². The first-order valence-corrected chi connectivity index (χ1v) is 9.61. The van der Waals surface area contributed by atoms with Crippen LogP contribution < -0.4 is 10.2 Å². The summed E-state index contributed by atoms with van der Waals surface area (Å²) >= 11 is 0. The normalized spacial score (nSPS) is 13.7. The van der Waals surface area contributed by atoms with Crippen molar-refractivity contribution in [2.45, 2.75) is 0 Å². The molecule has 1 fully saturated rings. The minimum absolute atomic E-state index is 0.0543. The molecule has 0 radical (unpaired) electrons. The highest BCUT2D eigenvalue weighted by molar-refractivity contribution is 6.02. The van der Waals surface area contributed by atoms with E-state index in [2.05, 4.69) is 10.3 Å². The number of nitrogens with zero attached hydrogens (tertiary/aromatic N) is 4. The van der Waals surface area contributed by atoms with Crippen LogP contribution in [0.15, 0.2) is 65.4 Å². The monoisotopic (exact) mass is 421 g/mol. The molecule has 0 unspecified atom stereocenters. The zero-order valence-corrected chi connectivity index (χ0v) is 16.4. The summed E-state index contributed by atoms with van der Waals surface area (Å²) in [7, 11) is 0. The van der Waals surface area contributed by atoms with Gasteiger partial charge in [0.25, 0.3) is 17.5 Å². The molecule has 158 valence electrons. The number of amides is 2. The topological polar surface area (TPSA) is 122 Å². The lowest BCUT2D eigenvalue weighted by atomic mass is 10.1. The van der Waals surface area contributed by atoms with Crippen molar-refractivity contribution in [1.82, 2.24) is 9.88 Å². The van der Waals surface area contributed by atoms with E-state index in [1.807, 2.05) is 4.90 Å². The third-order valence-electron chi connectivity index (χ3n) is 4.97. The van der Waals surface area contributed by atoms with Crippen molar-refractivity contribution >= 4 is 29.0 Å². The molecule has 0 aliphatic carbocycles. The molecular formula is C21H19N5O5. The number of anilines is 2. The Morgan fingerprint density at radius 2 is 1.77 bits per heavy atom. The first-order valence-electron chi connectivity index (χ1n) is 9.61. The lowest BCUT2D eigenvalue weighted by molar-refractivity contribution is -0.385. The maximum absolute atomic E-state index is 12.8. The summed E-state index contributed by atoms with van der Waals surface area (Å²) in [5.74, 6) is 0.398. The fourth-order valence-electron chi connectivity index (χ4n) is 3.29. The highest BCUT2D eigenvalue weighted by atomic mass is 16.6.